The fraction of sp³-hybridized carbons (Fsp3) is 0.278. The zero-order valence-electron chi connectivity index (χ0n) is 14.8. The van der Waals surface area contributed by atoms with E-state index >= 15 is 0 Å². The second-order valence-corrected chi connectivity index (χ2v) is 8.63. The molecular weight excluding hydrogens is 420 g/mol. The number of hydrogen-bond donors (Lipinski definition) is 1. The van der Waals surface area contributed by atoms with Gasteiger partial charge in [-0.2, -0.15) is 0 Å². The number of ether oxygens (including phenoxy) is 1. The highest BCUT2D eigenvalue weighted by molar-refractivity contribution is 9.10. The number of halogens is 1. The van der Waals surface area contributed by atoms with E-state index in [4.69, 9.17) is 4.74 Å². The molecule has 0 aromatic heterocycles. The lowest BCUT2D eigenvalue weighted by Gasteiger charge is -2.23. The van der Waals surface area contributed by atoms with Crippen LogP contribution in [0.2, 0.25) is 0 Å². The molecular formula is C18H21BrN2O4S. The summed E-state index contributed by atoms with van der Waals surface area (Å²) >= 11 is 3.31. The number of benzene rings is 2. The van der Waals surface area contributed by atoms with E-state index in [0.29, 0.717) is 5.69 Å². The molecule has 1 N–H and O–H groups in total. The van der Waals surface area contributed by atoms with Crippen molar-refractivity contribution < 1.29 is 17.9 Å². The van der Waals surface area contributed by atoms with E-state index in [1.54, 1.807) is 31.4 Å². The summed E-state index contributed by atoms with van der Waals surface area (Å²) in [6.07, 6.45) is 1.08. The topological polar surface area (TPSA) is 75.7 Å². The zero-order chi connectivity index (χ0) is 19.3. The van der Waals surface area contributed by atoms with E-state index in [1.807, 2.05) is 31.2 Å². The first-order valence-electron chi connectivity index (χ1n) is 7.87. The number of nitrogens with one attached hydrogen (secondary N) is 1. The molecule has 0 fully saturated rings. The lowest BCUT2D eigenvalue weighted by atomic mass is 10.1. The van der Waals surface area contributed by atoms with Gasteiger partial charge in [0.15, 0.2) is 0 Å². The SMILES string of the molecule is COc1ccc([C@H](C)NC(=O)CN(c2ccc(Br)cc2)S(C)(=O)=O)cc1. The molecule has 0 radical (unpaired) electrons. The van der Waals surface area contributed by atoms with Gasteiger partial charge in [-0.05, 0) is 48.9 Å². The van der Waals surface area contributed by atoms with Crippen LogP contribution in [-0.2, 0) is 14.8 Å². The minimum atomic E-state index is -3.59. The van der Waals surface area contributed by atoms with Crippen LogP contribution in [0.25, 0.3) is 0 Å². The lowest BCUT2D eigenvalue weighted by Crippen LogP contribution is -2.41. The van der Waals surface area contributed by atoms with Crippen LogP contribution in [-0.4, -0.2) is 34.2 Å². The van der Waals surface area contributed by atoms with Gasteiger partial charge in [0.2, 0.25) is 15.9 Å². The molecule has 0 aliphatic rings. The van der Waals surface area contributed by atoms with Crippen LogP contribution < -0.4 is 14.4 Å². The Morgan fingerprint density at radius 3 is 2.23 bits per heavy atom. The molecule has 2 rings (SSSR count). The average molecular weight is 441 g/mol. The van der Waals surface area contributed by atoms with Crippen molar-refractivity contribution in [3.05, 3.63) is 58.6 Å². The highest BCUT2D eigenvalue weighted by atomic mass is 79.9. The summed E-state index contributed by atoms with van der Waals surface area (Å²) in [7, 11) is -2.01. The van der Waals surface area contributed by atoms with E-state index < -0.39 is 10.0 Å². The summed E-state index contributed by atoms with van der Waals surface area (Å²) < 4.78 is 31.2. The van der Waals surface area contributed by atoms with Crippen molar-refractivity contribution in [3.63, 3.8) is 0 Å². The third-order valence-corrected chi connectivity index (χ3v) is 5.46. The highest BCUT2D eigenvalue weighted by Gasteiger charge is 2.21. The normalized spacial score (nSPS) is 12.3. The number of nitrogens with zero attached hydrogens (tertiary/aromatic N) is 1. The Morgan fingerprint density at radius 1 is 1.15 bits per heavy atom. The van der Waals surface area contributed by atoms with E-state index in [9.17, 15) is 13.2 Å². The van der Waals surface area contributed by atoms with Gasteiger partial charge < -0.3 is 10.1 Å². The molecule has 0 aliphatic carbocycles. The van der Waals surface area contributed by atoms with Crippen molar-refractivity contribution in [1.29, 1.82) is 0 Å². The summed E-state index contributed by atoms with van der Waals surface area (Å²) in [4.78, 5) is 12.4. The number of carbonyl (C=O) groups is 1. The summed E-state index contributed by atoms with van der Waals surface area (Å²) in [6, 6.07) is 13.8. The molecule has 0 aliphatic heterocycles. The van der Waals surface area contributed by atoms with Gasteiger partial charge in [-0.15, -0.1) is 0 Å². The lowest BCUT2D eigenvalue weighted by molar-refractivity contribution is -0.120. The maximum absolute atomic E-state index is 12.4. The second kappa shape index (κ2) is 8.55. The van der Waals surface area contributed by atoms with E-state index in [-0.39, 0.29) is 18.5 Å². The summed E-state index contributed by atoms with van der Waals surface area (Å²) in [5.74, 6) is 0.340. The second-order valence-electron chi connectivity index (χ2n) is 5.81. The van der Waals surface area contributed by atoms with Crippen LogP contribution >= 0.6 is 15.9 Å². The van der Waals surface area contributed by atoms with Crippen LogP contribution in [0, 0.1) is 0 Å². The zero-order valence-corrected chi connectivity index (χ0v) is 17.2. The van der Waals surface area contributed by atoms with Gasteiger partial charge in [-0.1, -0.05) is 28.1 Å². The van der Waals surface area contributed by atoms with Gasteiger partial charge in [0, 0.05) is 4.47 Å². The van der Waals surface area contributed by atoms with Gasteiger partial charge in [-0.25, -0.2) is 8.42 Å². The van der Waals surface area contributed by atoms with Crippen LogP contribution in [0.15, 0.2) is 53.0 Å². The van der Waals surface area contributed by atoms with Gasteiger partial charge in [0.05, 0.1) is 25.1 Å². The molecule has 0 heterocycles. The van der Waals surface area contributed by atoms with Gasteiger partial charge in [-0.3, -0.25) is 9.10 Å². The van der Waals surface area contributed by atoms with Crippen LogP contribution in [0.4, 0.5) is 5.69 Å². The molecule has 0 bridgehead atoms. The molecule has 140 valence electrons. The molecule has 0 saturated carbocycles. The summed E-state index contributed by atoms with van der Waals surface area (Å²) in [6.45, 7) is 1.55. The molecule has 8 heteroatoms. The monoisotopic (exact) mass is 440 g/mol. The maximum Gasteiger partial charge on any atom is 0.241 e. The quantitative estimate of drug-likeness (QED) is 0.717. The van der Waals surface area contributed by atoms with Gasteiger partial charge in [0.1, 0.15) is 12.3 Å². The molecule has 0 saturated heterocycles. The molecule has 1 amide bonds. The van der Waals surface area contributed by atoms with Crippen molar-refractivity contribution in [2.24, 2.45) is 0 Å². The number of hydrogen-bond acceptors (Lipinski definition) is 4. The van der Waals surface area contributed by atoms with Crippen LogP contribution in [0.3, 0.4) is 0 Å². The Morgan fingerprint density at radius 2 is 1.73 bits per heavy atom. The highest BCUT2D eigenvalue weighted by Crippen LogP contribution is 2.21. The maximum atomic E-state index is 12.4. The molecule has 0 spiro atoms. The molecule has 6 nitrogen and oxygen atoms in total. The molecule has 0 unspecified atom stereocenters. The van der Waals surface area contributed by atoms with E-state index in [0.717, 1.165) is 26.3 Å². The Bertz CT molecular complexity index is 852. The Labute approximate surface area is 162 Å². The number of sulfonamides is 1. The fourth-order valence-corrected chi connectivity index (χ4v) is 3.52. The summed E-state index contributed by atoms with van der Waals surface area (Å²) in [5.41, 5.74) is 1.33. The van der Waals surface area contributed by atoms with Crippen molar-refractivity contribution in [3.8, 4) is 5.75 Å². The first-order chi connectivity index (χ1) is 12.2. The predicted molar refractivity (Wildman–Crippen MR) is 106 cm³/mol. The predicted octanol–water partition coefficient (Wildman–Crippen LogP) is 3.10. The third-order valence-electron chi connectivity index (χ3n) is 3.80. The largest absolute Gasteiger partial charge is 0.497 e. The smallest absolute Gasteiger partial charge is 0.241 e. The van der Waals surface area contributed by atoms with Crippen molar-refractivity contribution in [1.82, 2.24) is 5.32 Å². The molecule has 2 aromatic carbocycles. The van der Waals surface area contributed by atoms with Crippen LogP contribution in [0.1, 0.15) is 18.5 Å². The molecule has 2 aromatic rings. The number of carbonyl (C=O) groups excluding carboxylic acids is 1. The standard InChI is InChI=1S/C18H21BrN2O4S/c1-13(14-4-10-17(25-2)11-5-14)20-18(22)12-21(26(3,23)24)16-8-6-15(19)7-9-16/h4-11,13H,12H2,1-3H3,(H,20,22)/t13-/m0/s1. The van der Waals surface area contributed by atoms with Crippen LogP contribution in [0.5, 0.6) is 5.75 Å². The minimum absolute atomic E-state index is 0.264. The third kappa shape index (κ3) is 5.47. The van der Waals surface area contributed by atoms with Crippen molar-refractivity contribution >= 4 is 37.5 Å². The Hall–Kier alpha value is -2.06. The van der Waals surface area contributed by atoms with Crippen molar-refractivity contribution in [2.45, 2.75) is 13.0 Å². The number of rotatable bonds is 7. The summed E-state index contributed by atoms with van der Waals surface area (Å²) in [5, 5.41) is 2.82. The molecule has 1 atom stereocenters. The first-order valence-corrected chi connectivity index (χ1v) is 10.5. The Balaban J connectivity index is 2.10. The van der Waals surface area contributed by atoms with Gasteiger partial charge >= 0.3 is 0 Å². The van der Waals surface area contributed by atoms with Crippen molar-refractivity contribution in [2.75, 3.05) is 24.2 Å². The first kappa shape index (κ1) is 20.3. The number of anilines is 1. The van der Waals surface area contributed by atoms with E-state index in [1.165, 1.54) is 0 Å². The van der Waals surface area contributed by atoms with E-state index in [2.05, 4.69) is 21.2 Å². The Kier molecular flexibility index (Phi) is 6.66. The average Bonchev–Trinajstić information content (AvgIpc) is 2.59. The van der Waals surface area contributed by atoms with Gasteiger partial charge in [0.25, 0.3) is 0 Å². The molecule has 26 heavy (non-hydrogen) atoms. The number of amides is 1. The fourth-order valence-electron chi connectivity index (χ4n) is 2.40. The minimum Gasteiger partial charge on any atom is -0.497 e. The number of methoxy groups -OCH3 is 1.